The van der Waals surface area contributed by atoms with E-state index in [-0.39, 0.29) is 0 Å². The van der Waals surface area contributed by atoms with Gasteiger partial charge in [0.15, 0.2) is 0 Å². The second kappa shape index (κ2) is 3.91. The minimum Gasteiger partial charge on any atom is -0.242 e. The van der Waals surface area contributed by atoms with Gasteiger partial charge in [-0.2, -0.15) is 9.71 Å². The molecule has 0 heterocycles. The van der Waals surface area contributed by atoms with Crippen LogP contribution in [0, 0.1) is 0 Å². The van der Waals surface area contributed by atoms with Crippen LogP contribution in [-0.4, -0.2) is 0 Å². The lowest BCUT2D eigenvalue weighted by molar-refractivity contribution is 1.06. The van der Waals surface area contributed by atoms with Gasteiger partial charge in [-0.3, -0.25) is 0 Å². The van der Waals surface area contributed by atoms with Gasteiger partial charge in [0, 0.05) is 0 Å². The molecule has 0 aromatic carbocycles. The summed E-state index contributed by atoms with van der Waals surface area (Å²) in [7, 11) is -1.35. The Kier molecular flexibility index (Phi) is 3.77. The van der Waals surface area contributed by atoms with Crippen LogP contribution in [0.1, 0.15) is 0 Å². The quantitative estimate of drug-likeness (QED) is 0.234. The van der Waals surface area contributed by atoms with Crippen molar-refractivity contribution in [1.29, 1.82) is 0 Å². The van der Waals surface area contributed by atoms with E-state index >= 15 is 0 Å². The largest absolute Gasteiger partial charge is 0.242 e. The maximum absolute atomic E-state index is 4.70. The molecule has 1 radical (unpaired) electrons. The van der Waals surface area contributed by atoms with Crippen LogP contribution in [0.5, 0.6) is 0 Å². The van der Waals surface area contributed by atoms with Gasteiger partial charge in [-0.15, -0.1) is 0 Å². The van der Waals surface area contributed by atoms with Crippen molar-refractivity contribution < 1.29 is 0 Å². The van der Waals surface area contributed by atoms with Crippen LogP contribution in [0.25, 0.3) is 0 Å². The van der Waals surface area contributed by atoms with E-state index in [9.17, 15) is 0 Å². The molecular weight excluding hydrogens is 115 g/mol. The van der Waals surface area contributed by atoms with Gasteiger partial charge in [0.25, 0.3) is 0 Å². The Morgan fingerprint density at radius 3 is 1.43 bits per heavy atom. The molecule has 0 bridgehead atoms. The summed E-state index contributed by atoms with van der Waals surface area (Å²) in [5, 5.41) is 3.11. The average molecular weight is 121 g/mol. The lowest BCUT2D eigenvalue weighted by Crippen LogP contribution is -2.00. The van der Waals surface area contributed by atoms with E-state index in [1.54, 1.807) is 0 Å². The molecule has 0 aliphatic heterocycles. The second-order valence-corrected chi connectivity index (χ2v) is 1.84. The first-order valence-electron chi connectivity index (χ1n) is 1.37. The minimum atomic E-state index is -1.35. The van der Waals surface area contributed by atoms with Crippen LogP contribution in [0.2, 0.25) is 0 Å². The van der Waals surface area contributed by atoms with Gasteiger partial charge in [-0.05, 0) is 0 Å². The molecule has 41 valence electrons. The van der Waals surface area contributed by atoms with Crippen LogP contribution >= 0.6 is 7.66 Å². The summed E-state index contributed by atoms with van der Waals surface area (Å²) in [4.78, 5) is 6.21. The standard InChI is InChI=1S/H6N6P/c1-4-7(5-2)6-3/h1-3H2. The number of rotatable bonds is 1. The molecule has 0 unspecified atom stereocenters. The molecule has 6 N–H and O–H groups in total. The summed E-state index contributed by atoms with van der Waals surface area (Å²) in [6, 6.07) is 0. The van der Waals surface area contributed by atoms with Crippen molar-refractivity contribution in [1.82, 2.24) is 5.20 Å². The lowest BCUT2D eigenvalue weighted by atomic mass is 13.0. The van der Waals surface area contributed by atoms with Gasteiger partial charge in [0.05, 0.1) is 0 Å². The third kappa shape index (κ3) is 2.44. The summed E-state index contributed by atoms with van der Waals surface area (Å²) in [5.74, 6) is 14.1. The molecule has 0 fully saturated rings. The second-order valence-electron chi connectivity index (χ2n) is 0.615. The summed E-state index contributed by atoms with van der Waals surface area (Å²) in [6.07, 6.45) is 0. The zero-order valence-electron chi connectivity index (χ0n) is 3.52. The van der Waals surface area contributed by atoms with Crippen LogP contribution < -0.4 is 22.7 Å². The Labute approximate surface area is 41.2 Å². The highest BCUT2D eigenvalue weighted by atomic mass is 31.1. The predicted molar refractivity (Wildman–Crippen MR) is 26.5 cm³/mol. The predicted octanol–water partition coefficient (Wildman–Crippen LogP) is -1.02. The van der Waals surface area contributed by atoms with Crippen molar-refractivity contribution in [3.8, 4) is 0 Å². The van der Waals surface area contributed by atoms with Gasteiger partial charge in [0.2, 0.25) is 7.66 Å². The molecule has 0 saturated heterocycles. The third-order valence-electron chi connectivity index (χ3n) is 0.310. The van der Waals surface area contributed by atoms with Gasteiger partial charge >= 0.3 is 0 Å². The number of nitrogens with two attached hydrogens (primary N) is 3. The van der Waals surface area contributed by atoms with Crippen molar-refractivity contribution in [2.75, 3.05) is 0 Å². The summed E-state index contributed by atoms with van der Waals surface area (Å²) >= 11 is 0. The normalized spacial score (nSPS) is 12.7. The van der Waals surface area contributed by atoms with Crippen molar-refractivity contribution in [2.45, 2.75) is 0 Å². The molecule has 0 saturated carbocycles. The van der Waals surface area contributed by atoms with E-state index in [0.29, 0.717) is 0 Å². The third-order valence-corrected chi connectivity index (χ3v) is 0.930. The smallest absolute Gasteiger partial charge is 0.204 e. The van der Waals surface area contributed by atoms with E-state index in [1.807, 2.05) is 0 Å². The zero-order chi connectivity index (χ0) is 5.70. The van der Waals surface area contributed by atoms with Gasteiger partial charge in [-0.25, -0.2) is 17.5 Å². The van der Waals surface area contributed by atoms with Crippen molar-refractivity contribution in [3.05, 3.63) is 0 Å². The number of hydrogen-bond acceptors (Lipinski definition) is 3. The van der Waals surface area contributed by atoms with E-state index in [0.717, 1.165) is 0 Å². The topological polar surface area (TPSA) is 117 Å². The molecule has 0 aliphatic carbocycles. The summed E-state index contributed by atoms with van der Waals surface area (Å²) in [6.45, 7) is 0. The lowest BCUT2D eigenvalue weighted by Gasteiger charge is -1.77. The monoisotopic (exact) mass is 121 g/mol. The van der Waals surface area contributed by atoms with E-state index in [2.05, 4.69) is 14.9 Å². The summed E-state index contributed by atoms with van der Waals surface area (Å²) in [5.41, 5.74) is 0. The van der Waals surface area contributed by atoms with E-state index < -0.39 is 7.66 Å². The van der Waals surface area contributed by atoms with E-state index in [1.165, 1.54) is 0 Å². The van der Waals surface area contributed by atoms with Crippen molar-refractivity contribution in [3.63, 3.8) is 0 Å². The maximum atomic E-state index is 4.70. The highest BCUT2D eigenvalue weighted by Gasteiger charge is 1.72. The van der Waals surface area contributed by atoms with Crippen molar-refractivity contribution in [2.24, 2.45) is 27.2 Å². The zero-order valence-corrected chi connectivity index (χ0v) is 4.42. The molecule has 0 spiro atoms. The Morgan fingerprint density at radius 1 is 1.00 bits per heavy atom. The highest BCUT2D eigenvalue weighted by Crippen LogP contribution is 2.00. The SMILES string of the molecule is N[N]/P(=N\N)=N\N. The molecule has 7 heavy (non-hydrogen) atoms. The fourth-order valence-electron chi connectivity index (χ4n) is 0.0894. The first-order chi connectivity index (χ1) is 3.35. The van der Waals surface area contributed by atoms with Gasteiger partial charge in [0.1, 0.15) is 0 Å². The molecule has 0 aromatic heterocycles. The molecular formula is H6N6P. The van der Waals surface area contributed by atoms with Crippen LogP contribution in [-0.2, 0) is 0 Å². The molecule has 0 aliphatic rings. The maximum Gasteiger partial charge on any atom is 0.204 e. The molecule has 0 amide bonds. The Balaban J connectivity index is 3.88. The van der Waals surface area contributed by atoms with Crippen molar-refractivity contribution >= 4 is 7.66 Å². The fourth-order valence-corrected chi connectivity index (χ4v) is 0.268. The molecule has 0 atom stereocenters. The van der Waals surface area contributed by atoms with E-state index in [4.69, 9.17) is 17.5 Å². The minimum absolute atomic E-state index is 1.35. The Morgan fingerprint density at radius 2 is 1.43 bits per heavy atom. The molecule has 0 rings (SSSR count). The fraction of sp³-hybridized carbons (Fsp3) is 0. The first kappa shape index (κ1) is 6.74. The molecule has 0 aromatic rings. The van der Waals surface area contributed by atoms with Crippen LogP contribution in [0.4, 0.5) is 0 Å². The van der Waals surface area contributed by atoms with Gasteiger partial charge in [-0.1, -0.05) is 5.20 Å². The highest BCUT2D eigenvalue weighted by molar-refractivity contribution is 7.33. The van der Waals surface area contributed by atoms with Crippen LogP contribution in [0.3, 0.4) is 0 Å². The average Bonchev–Trinajstić information content (AvgIpc) is 1.72. The molecule has 6 nitrogen and oxygen atoms in total. The van der Waals surface area contributed by atoms with Crippen LogP contribution in [0.15, 0.2) is 9.71 Å². The first-order valence-corrected chi connectivity index (χ1v) is 2.57. The Bertz CT molecular complexity index is 95.3. The Hall–Kier alpha value is -0.260. The summed E-state index contributed by atoms with van der Waals surface area (Å²) < 4.78 is 0. The number of hydrogen-bond donors (Lipinski definition) is 3. The van der Waals surface area contributed by atoms with Gasteiger partial charge < -0.3 is 0 Å². The molecule has 7 heteroatoms. The number of nitrogens with zero attached hydrogens (tertiary/aromatic N) is 3.